The molecule has 0 aromatic rings. The molecule has 0 rings (SSSR count). The normalized spacial score (nSPS) is 14.4. The van der Waals surface area contributed by atoms with Gasteiger partial charge in [-0.05, 0) is 6.92 Å². The van der Waals surface area contributed by atoms with E-state index in [-0.39, 0.29) is 0 Å². The van der Waals surface area contributed by atoms with Gasteiger partial charge in [0.1, 0.15) is 0 Å². The predicted octanol–water partition coefficient (Wildman–Crippen LogP) is 2.53. The van der Waals surface area contributed by atoms with Crippen LogP contribution in [0.4, 0.5) is 26.3 Å². The Bertz CT molecular complexity index is 279. The van der Waals surface area contributed by atoms with Gasteiger partial charge in [0.05, 0.1) is 0 Å². The van der Waals surface area contributed by atoms with Gasteiger partial charge >= 0.3 is 24.8 Å². The first-order valence-electron chi connectivity index (χ1n) is 3.61. The molecule has 1 atom stereocenters. The van der Waals surface area contributed by atoms with Gasteiger partial charge in [0, 0.05) is 5.57 Å². The molecule has 0 fully saturated rings. The summed E-state index contributed by atoms with van der Waals surface area (Å²) >= 11 is 0. The number of ether oxygens (including phenoxy) is 2. The van der Waals surface area contributed by atoms with Crippen molar-refractivity contribution >= 4 is 5.97 Å². The van der Waals surface area contributed by atoms with Crippen molar-refractivity contribution in [3.63, 3.8) is 0 Å². The lowest BCUT2D eigenvalue weighted by molar-refractivity contribution is -0.418. The molecule has 0 saturated carbocycles. The quantitative estimate of drug-likeness (QED) is 0.335. The summed E-state index contributed by atoms with van der Waals surface area (Å²) in [5.74, 6) is -1.63. The lowest BCUT2D eigenvalue weighted by Gasteiger charge is -2.21. The summed E-state index contributed by atoms with van der Waals surface area (Å²) in [4.78, 5) is 10.6. The number of hydrogen-bond acceptors (Lipinski definition) is 3. The molecule has 0 aromatic carbocycles. The highest BCUT2D eigenvalue weighted by molar-refractivity contribution is 5.87. The molecule has 0 heterocycles. The van der Waals surface area contributed by atoms with Gasteiger partial charge in [-0.25, -0.2) is 9.53 Å². The van der Waals surface area contributed by atoms with Crippen LogP contribution in [0, 0.1) is 0 Å². The van der Waals surface area contributed by atoms with E-state index in [4.69, 9.17) is 0 Å². The van der Waals surface area contributed by atoms with Gasteiger partial charge < -0.3 is 4.74 Å². The Labute approximate surface area is 85.6 Å². The molecule has 16 heavy (non-hydrogen) atoms. The van der Waals surface area contributed by atoms with Crippen LogP contribution in [0.5, 0.6) is 0 Å². The first kappa shape index (κ1) is 14.8. The number of hydrogen-bond donors (Lipinski definition) is 0. The second-order valence-electron chi connectivity index (χ2n) is 2.62. The molecule has 0 aromatic heterocycles. The highest BCUT2D eigenvalue weighted by atomic mass is 19.4. The fourth-order valence-electron chi connectivity index (χ4n) is 0.477. The summed E-state index contributed by atoms with van der Waals surface area (Å²) in [6.07, 6.45) is -14.8. The standard InChI is InChI=1S/C7H6F6O3/c1-3(2)4(14)15-5(6(8,9)10)16-7(11,12)13/h5H,1H2,2H3. The number of carbonyl (C=O) groups excluding carboxylic acids is 1. The summed E-state index contributed by atoms with van der Waals surface area (Å²) in [5.41, 5.74) is -0.486. The van der Waals surface area contributed by atoms with E-state index in [9.17, 15) is 31.1 Å². The van der Waals surface area contributed by atoms with Crippen molar-refractivity contribution in [3.8, 4) is 0 Å². The van der Waals surface area contributed by atoms with Crippen LogP contribution in [0.25, 0.3) is 0 Å². The maximum Gasteiger partial charge on any atom is 0.525 e. The van der Waals surface area contributed by atoms with Crippen molar-refractivity contribution in [2.75, 3.05) is 0 Å². The Morgan fingerprint density at radius 2 is 1.62 bits per heavy atom. The molecule has 0 N–H and O–H groups in total. The average Bonchev–Trinajstić information content (AvgIpc) is 1.98. The number of alkyl halides is 6. The summed E-state index contributed by atoms with van der Waals surface area (Å²) in [6, 6.07) is 0. The first-order chi connectivity index (χ1) is 6.93. The monoisotopic (exact) mass is 252 g/mol. The van der Waals surface area contributed by atoms with Crippen LogP contribution < -0.4 is 0 Å². The molecule has 0 aliphatic rings. The summed E-state index contributed by atoms with van der Waals surface area (Å²) in [6.45, 7) is 3.88. The molecule has 0 aliphatic heterocycles. The van der Waals surface area contributed by atoms with E-state index in [0.717, 1.165) is 6.92 Å². The average molecular weight is 252 g/mol. The number of carbonyl (C=O) groups is 1. The summed E-state index contributed by atoms with van der Waals surface area (Å²) in [7, 11) is 0. The van der Waals surface area contributed by atoms with E-state index in [1.165, 1.54) is 0 Å². The van der Waals surface area contributed by atoms with Crippen LogP contribution in [0.1, 0.15) is 6.92 Å². The molecule has 0 aliphatic carbocycles. The van der Waals surface area contributed by atoms with Crippen molar-refractivity contribution in [2.45, 2.75) is 25.8 Å². The van der Waals surface area contributed by atoms with Crippen LogP contribution in [-0.4, -0.2) is 24.8 Å². The first-order valence-corrected chi connectivity index (χ1v) is 3.61. The zero-order valence-corrected chi connectivity index (χ0v) is 7.78. The molecule has 0 bridgehead atoms. The van der Waals surface area contributed by atoms with Crippen molar-refractivity contribution in [2.24, 2.45) is 0 Å². The van der Waals surface area contributed by atoms with Crippen LogP contribution in [0.15, 0.2) is 12.2 Å². The smallest absolute Gasteiger partial charge is 0.422 e. The minimum Gasteiger partial charge on any atom is -0.422 e. The lowest BCUT2D eigenvalue weighted by Crippen LogP contribution is -2.40. The molecule has 0 spiro atoms. The summed E-state index contributed by atoms with van der Waals surface area (Å²) < 4.78 is 76.5. The van der Waals surface area contributed by atoms with Gasteiger partial charge in [-0.2, -0.15) is 13.2 Å². The third-order valence-electron chi connectivity index (χ3n) is 1.07. The fraction of sp³-hybridized carbons (Fsp3) is 0.571. The van der Waals surface area contributed by atoms with Gasteiger partial charge in [0.25, 0.3) is 0 Å². The van der Waals surface area contributed by atoms with Gasteiger partial charge in [0.2, 0.25) is 0 Å². The minimum absolute atomic E-state index is 0.486. The Hall–Kier alpha value is -1.25. The van der Waals surface area contributed by atoms with Crippen molar-refractivity contribution in [3.05, 3.63) is 12.2 Å². The number of halogens is 6. The second kappa shape index (κ2) is 4.73. The van der Waals surface area contributed by atoms with Gasteiger partial charge in [0.15, 0.2) is 0 Å². The Morgan fingerprint density at radius 1 is 1.19 bits per heavy atom. The molecule has 0 radical (unpaired) electrons. The van der Waals surface area contributed by atoms with Crippen LogP contribution in [-0.2, 0) is 14.3 Å². The third-order valence-corrected chi connectivity index (χ3v) is 1.07. The predicted molar refractivity (Wildman–Crippen MR) is 37.9 cm³/mol. The topological polar surface area (TPSA) is 35.5 Å². The highest BCUT2D eigenvalue weighted by Gasteiger charge is 2.50. The van der Waals surface area contributed by atoms with Crippen LogP contribution in [0.3, 0.4) is 0 Å². The molecule has 1 unspecified atom stereocenters. The van der Waals surface area contributed by atoms with Gasteiger partial charge in [-0.3, -0.25) is 0 Å². The van der Waals surface area contributed by atoms with Gasteiger partial charge in [-0.15, -0.1) is 13.2 Å². The molecular formula is C7H6F6O3. The van der Waals surface area contributed by atoms with Crippen LogP contribution in [0.2, 0.25) is 0 Å². The van der Waals surface area contributed by atoms with Crippen molar-refractivity contribution in [1.29, 1.82) is 0 Å². The largest absolute Gasteiger partial charge is 0.525 e. The van der Waals surface area contributed by atoms with Crippen LogP contribution >= 0.6 is 0 Å². The fourth-order valence-corrected chi connectivity index (χ4v) is 0.477. The van der Waals surface area contributed by atoms with Crippen molar-refractivity contribution in [1.82, 2.24) is 0 Å². The lowest BCUT2D eigenvalue weighted by atomic mass is 10.4. The molecule has 0 saturated heterocycles. The minimum atomic E-state index is -5.57. The SMILES string of the molecule is C=C(C)C(=O)OC(OC(F)(F)F)C(F)(F)F. The third kappa shape index (κ3) is 5.59. The van der Waals surface area contributed by atoms with Crippen molar-refractivity contribution < 1.29 is 40.6 Å². The second-order valence-corrected chi connectivity index (χ2v) is 2.62. The van der Waals surface area contributed by atoms with E-state index in [0.29, 0.717) is 0 Å². The molecule has 3 nitrogen and oxygen atoms in total. The molecular weight excluding hydrogens is 246 g/mol. The van der Waals surface area contributed by atoms with E-state index >= 15 is 0 Å². The maximum atomic E-state index is 11.9. The Kier molecular flexibility index (Phi) is 4.36. The Balaban J connectivity index is 4.71. The molecule has 0 amide bonds. The number of esters is 1. The Morgan fingerprint density at radius 3 is 1.88 bits per heavy atom. The van der Waals surface area contributed by atoms with E-state index in [1.807, 2.05) is 0 Å². The maximum absolute atomic E-state index is 11.9. The van der Waals surface area contributed by atoms with Gasteiger partial charge in [-0.1, -0.05) is 6.58 Å². The zero-order valence-electron chi connectivity index (χ0n) is 7.78. The molecule has 94 valence electrons. The zero-order chi connectivity index (χ0) is 13.1. The van der Waals surface area contributed by atoms with E-state index < -0.39 is 30.4 Å². The van der Waals surface area contributed by atoms with E-state index in [2.05, 4.69) is 16.1 Å². The highest BCUT2D eigenvalue weighted by Crippen LogP contribution is 2.30. The van der Waals surface area contributed by atoms with E-state index in [1.54, 1.807) is 0 Å². The summed E-state index contributed by atoms with van der Waals surface area (Å²) in [5, 5.41) is 0. The molecule has 9 heteroatoms. The number of rotatable bonds is 3.